The minimum Gasteiger partial charge on any atom is -0.472 e. The fourth-order valence-electron chi connectivity index (χ4n) is 3.13. The lowest BCUT2D eigenvalue weighted by Gasteiger charge is -2.16. The number of nitriles is 1. The molecule has 4 aromatic rings. The van der Waals surface area contributed by atoms with Crippen LogP contribution >= 0.6 is 34.8 Å². The summed E-state index contributed by atoms with van der Waals surface area (Å²) in [6, 6.07) is 17.1. The van der Waals surface area contributed by atoms with Gasteiger partial charge >= 0.3 is 0 Å². The van der Waals surface area contributed by atoms with Gasteiger partial charge < -0.3 is 4.74 Å². The van der Waals surface area contributed by atoms with E-state index in [1.54, 1.807) is 42.5 Å². The summed E-state index contributed by atoms with van der Waals surface area (Å²) in [5.74, 6) is -2.05. The largest absolute Gasteiger partial charge is 0.472 e. The van der Waals surface area contributed by atoms with Crippen molar-refractivity contribution in [2.45, 2.75) is 6.61 Å². The lowest BCUT2D eigenvalue weighted by atomic mass is 10.00. The van der Waals surface area contributed by atoms with Crippen molar-refractivity contribution in [3.05, 3.63) is 98.8 Å². The zero-order valence-electron chi connectivity index (χ0n) is 16.6. The van der Waals surface area contributed by atoms with Crippen molar-refractivity contribution in [2.24, 2.45) is 0 Å². The Bertz CT molecular complexity index is 1390. The van der Waals surface area contributed by atoms with E-state index in [1.165, 1.54) is 6.07 Å². The summed E-state index contributed by atoms with van der Waals surface area (Å²) in [6.45, 7) is -0.131. The molecular formula is C24H12Cl3F2N3O. The first-order valence-corrected chi connectivity index (χ1v) is 10.6. The van der Waals surface area contributed by atoms with Crippen LogP contribution in [0.15, 0.2) is 60.7 Å². The third-order valence-electron chi connectivity index (χ3n) is 4.65. The smallest absolute Gasteiger partial charge is 0.236 e. The number of benzene rings is 3. The van der Waals surface area contributed by atoms with Crippen molar-refractivity contribution in [3.63, 3.8) is 0 Å². The van der Waals surface area contributed by atoms with E-state index in [0.717, 1.165) is 12.1 Å². The average molecular weight is 503 g/mol. The molecule has 0 aliphatic heterocycles. The Hall–Kier alpha value is -3.24. The lowest BCUT2D eigenvalue weighted by Crippen LogP contribution is -2.05. The van der Waals surface area contributed by atoms with E-state index in [-0.39, 0.29) is 18.3 Å². The van der Waals surface area contributed by atoms with Crippen LogP contribution < -0.4 is 4.74 Å². The molecule has 0 spiro atoms. The van der Waals surface area contributed by atoms with E-state index in [1.807, 2.05) is 6.07 Å². The number of aromatic nitrogens is 2. The van der Waals surface area contributed by atoms with Gasteiger partial charge in [-0.05, 0) is 53.6 Å². The normalized spacial score (nSPS) is 10.7. The molecule has 0 bridgehead atoms. The van der Waals surface area contributed by atoms with Gasteiger partial charge in [-0.25, -0.2) is 13.8 Å². The highest BCUT2D eigenvalue weighted by Gasteiger charge is 2.21. The van der Waals surface area contributed by atoms with Crippen LogP contribution in [0.4, 0.5) is 8.78 Å². The number of hydrogen-bond donors (Lipinski definition) is 0. The Kier molecular flexibility index (Phi) is 6.75. The van der Waals surface area contributed by atoms with Crippen molar-refractivity contribution in [3.8, 4) is 34.3 Å². The van der Waals surface area contributed by atoms with Gasteiger partial charge in [0.05, 0.1) is 16.3 Å². The van der Waals surface area contributed by atoms with Gasteiger partial charge in [0.25, 0.3) is 0 Å². The van der Waals surface area contributed by atoms with Crippen LogP contribution in [0.1, 0.15) is 11.4 Å². The topological polar surface area (TPSA) is 58.8 Å². The number of ether oxygens (including phenoxy) is 1. The predicted molar refractivity (Wildman–Crippen MR) is 123 cm³/mol. The third-order valence-corrected chi connectivity index (χ3v) is 5.45. The summed E-state index contributed by atoms with van der Waals surface area (Å²) in [5, 5.41) is 10.8. The third kappa shape index (κ3) is 5.07. The van der Waals surface area contributed by atoms with Crippen LogP contribution in [-0.4, -0.2) is 9.97 Å². The highest BCUT2D eigenvalue weighted by molar-refractivity contribution is 6.36. The zero-order valence-corrected chi connectivity index (χ0v) is 18.9. The second-order valence-electron chi connectivity index (χ2n) is 6.86. The molecule has 0 saturated carbocycles. The van der Waals surface area contributed by atoms with Crippen molar-refractivity contribution in [1.29, 1.82) is 5.26 Å². The number of rotatable bonds is 5. The zero-order chi connectivity index (χ0) is 23.5. The van der Waals surface area contributed by atoms with Crippen molar-refractivity contribution in [1.82, 2.24) is 9.97 Å². The fourth-order valence-corrected chi connectivity index (χ4v) is 3.75. The summed E-state index contributed by atoms with van der Waals surface area (Å²) < 4.78 is 32.8. The maximum Gasteiger partial charge on any atom is 0.236 e. The van der Waals surface area contributed by atoms with Gasteiger partial charge in [0.15, 0.2) is 11.6 Å². The van der Waals surface area contributed by atoms with E-state index in [4.69, 9.17) is 39.5 Å². The van der Waals surface area contributed by atoms with Gasteiger partial charge in [-0.3, -0.25) is 0 Å². The molecule has 33 heavy (non-hydrogen) atoms. The highest BCUT2D eigenvalue weighted by Crippen LogP contribution is 2.40. The van der Waals surface area contributed by atoms with Crippen LogP contribution in [0.5, 0.6) is 5.88 Å². The fraction of sp³-hybridized carbons (Fsp3) is 0.0417. The average Bonchev–Trinajstić information content (AvgIpc) is 2.80. The summed E-state index contributed by atoms with van der Waals surface area (Å²) in [5.41, 5.74) is 2.30. The molecule has 4 rings (SSSR count). The summed E-state index contributed by atoms with van der Waals surface area (Å²) in [7, 11) is 0. The number of hydrogen-bond acceptors (Lipinski definition) is 4. The molecule has 0 N–H and O–H groups in total. The molecule has 0 aliphatic rings. The minimum absolute atomic E-state index is 0.0645. The van der Waals surface area contributed by atoms with Crippen LogP contribution in [0.25, 0.3) is 22.4 Å². The molecule has 3 aromatic carbocycles. The molecule has 0 atom stereocenters. The van der Waals surface area contributed by atoms with Crippen LogP contribution in [0, 0.1) is 23.0 Å². The van der Waals surface area contributed by atoms with Gasteiger partial charge in [-0.2, -0.15) is 10.2 Å². The second kappa shape index (κ2) is 9.72. The first kappa shape index (κ1) is 22.9. The lowest BCUT2D eigenvalue weighted by molar-refractivity contribution is 0.293. The molecule has 0 radical (unpaired) electrons. The molecule has 0 fully saturated rings. The van der Waals surface area contributed by atoms with Crippen molar-refractivity contribution >= 4 is 34.8 Å². The molecule has 0 unspecified atom stereocenters. The van der Waals surface area contributed by atoms with Crippen LogP contribution in [0.2, 0.25) is 15.1 Å². The Morgan fingerprint density at radius 2 is 1.58 bits per heavy atom. The van der Waals surface area contributed by atoms with Crippen LogP contribution in [-0.2, 0) is 6.61 Å². The first-order valence-electron chi connectivity index (χ1n) is 9.46. The number of halogens is 5. The predicted octanol–water partition coefficient (Wildman–Crippen LogP) is 7.50. The van der Waals surface area contributed by atoms with E-state index >= 15 is 0 Å². The molecule has 1 heterocycles. The highest BCUT2D eigenvalue weighted by atomic mass is 35.5. The monoisotopic (exact) mass is 501 g/mol. The summed E-state index contributed by atoms with van der Waals surface area (Å²) >= 11 is 18.5. The maximum absolute atomic E-state index is 13.6. The van der Waals surface area contributed by atoms with E-state index < -0.39 is 11.6 Å². The Balaban J connectivity index is 1.89. The van der Waals surface area contributed by atoms with Crippen molar-refractivity contribution in [2.75, 3.05) is 0 Å². The maximum atomic E-state index is 13.6. The van der Waals surface area contributed by atoms with Crippen LogP contribution in [0.3, 0.4) is 0 Å². The van der Waals surface area contributed by atoms with Gasteiger partial charge in [0, 0.05) is 15.6 Å². The quantitative estimate of drug-likeness (QED) is 0.283. The van der Waals surface area contributed by atoms with Crippen molar-refractivity contribution < 1.29 is 13.5 Å². The molecule has 0 saturated heterocycles. The molecule has 9 heteroatoms. The molecular weight excluding hydrogens is 491 g/mol. The SMILES string of the molecule is N#Cc1nc(OCc2ccc(F)c(F)c2)c(-c2ccc(Cl)cc2)c(-c2ccc(Cl)cc2Cl)n1. The molecule has 164 valence electrons. The molecule has 4 nitrogen and oxygen atoms in total. The molecule has 0 aliphatic carbocycles. The first-order chi connectivity index (χ1) is 15.9. The summed E-state index contributed by atoms with van der Waals surface area (Å²) in [6.07, 6.45) is 0. The molecule has 1 aromatic heterocycles. The Morgan fingerprint density at radius 3 is 2.24 bits per heavy atom. The van der Waals surface area contributed by atoms with E-state index in [2.05, 4.69) is 9.97 Å². The van der Waals surface area contributed by atoms with E-state index in [0.29, 0.717) is 43.0 Å². The van der Waals surface area contributed by atoms with Gasteiger partial charge in [-0.15, -0.1) is 0 Å². The minimum atomic E-state index is -0.997. The van der Waals surface area contributed by atoms with E-state index in [9.17, 15) is 14.0 Å². The van der Waals surface area contributed by atoms with Gasteiger partial charge in [0.1, 0.15) is 12.7 Å². The van der Waals surface area contributed by atoms with Gasteiger partial charge in [0.2, 0.25) is 11.7 Å². The second-order valence-corrected chi connectivity index (χ2v) is 8.14. The molecule has 0 amide bonds. The number of nitrogens with zero attached hydrogens (tertiary/aromatic N) is 3. The standard InChI is InChI=1S/C24H12Cl3F2N3O/c25-15-4-2-14(3-5-15)22-23(17-7-6-16(26)10-18(17)27)31-21(11-30)32-24(22)33-12-13-1-8-19(28)20(29)9-13/h1-10H,12H2. The Labute approximate surface area is 203 Å². The summed E-state index contributed by atoms with van der Waals surface area (Å²) in [4.78, 5) is 8.58. The Morgan fingerprint density at radius 1 is 0.848 bits per heavy atom. The van der Waals surface area contributed by atoms with Gasteiger partial charge in [-0.1, -0.05) is 53.0 Å².